The second kappa shape index (κ2) is 7.25. The second-order valence-corrected chi connectivity index (χ2v) is 5.76. The molecule has 0 spiro atoms. The minimum atomic E-state index is -0.412. The van der Waals surface area contributed by atoms with Crippen LogP contribution < -0.4 is 10.1 Å². The van der Waals surface area contributed by atoms with Gasteiger partial charge in [0.05, 0.1) is 22.6 Å². The lowest BCUT2D eigenvalue weighted by molar-refractivity contribution is 0.411. The number of hydrogen-bond donors (Lipinski definition) is 1. The van der Waals surface area contributed by atoms with E-state index in [4.69, 9.17) is 16.3 Å². The molecule has 2 rings (SSSR count). The summed E-state index contributed by atoms with van der Waals surface area (Å²) in [4.78, 5) is 0. The molecule has 0 radical (unpaired) electrons. The van der Waals surface area contributed by atoms with Gasteiger partial charge in [-0.1, -0.05) is 36.7 Å². The first-order chi connectivity index (χ1) is 10.1. The molecule has 1 unspecified atom stereocenters. The summed E-state index contributed by atoms with van der Waals surface area (Å²) in [5.74, 6) is 0.337. The van der Waals surface area contributed by atoms with E-state index >= 15 is 0 Å². The van der Waals surface area contributed by atoms with Crippen LogP contribution in [0, 0.1) is 5.82 Å². The SMILES string of the molecule is CCNC(c1ccc(OC)c(Br)c1)c1cccc(F)c1Cl. The zero-order valence-corrected chi connectivity index (χ0v) is 14.1. The minimum absolute atomic E-state index is 0.149. The fourth-order valence-electron chi connectivity index (χ4n) is 2.22. The number of methoxy groups -OCH3 is 1. The van der Waals surface area contributed by atoms with Crippen molar-refractivity contribution in [3.8, 4) is 5.75 Å². The molecule has 0 aliphatic heterocycles. The number of nitrogens with one attached hydrogen (secondary N) is 1. The molecular formula is C16H16BrClFNO. The van der Waals surface area contributed by atoms with Crippen LogP contribution >= 0.6 is 27.5 Å². The monoisotopic (exact) mass is 371 g/mol. The van der Waals surface area contributed by atoms with Gasteiger partial charge in [0.15, 0.2) is 0 Å². The Kier molecular flexibility index (Phi) is 5.62. The maximum atomic E-state index is 13.7. The van der Waals surface area contributed by atoms with Crippen LogP contribution in [0.4, 0.5) is 4.39 Å². The van der Waals surface area contributed by atoms with Gasteiger partial charge in [-0.25, -0.2) is 4.39 Å². The van der Waals surface area contributed by atoms with Crippen LogP contribution in [0.25, 0.3) is 0 Å². The highest BCUT2D eigenvalue weighted by Gasteiger charge is 2.19. The number of rotatable bonds is 5. The van der Waals surface area contributed by atoms with E-state index in [1.54, 1.807) is 13.2 Å². The smallest absolute Gasteiger partial charge is 0.142 e. The van der Waals surface area contributed by atoms with Crippen LogP contribution in [0.2, 0.25) is 5.02 Å². The van der Waals surface area contributed by atoms with Crippen LogP contribution in [0.5, 0.6) is 5.75 Å². The third-order valence-electron chi connectivity index (χ3n) is 3.21. The molecule has 0 amide bonds. The van der Waals surface area contributed by atoms with E-state index in [0.29, 0.717) is 0 Å². The van der Waals surface area contributed by atoms with E-state index in [2.05, 4.69) is 21.2 Å². The highest BCUT2D eigenvalue weighted by molar-refractivity contribution is 9.10. The van der Waals surface area contributed by atoms with E-state index in [9.17, 15) is 4.39 Å². The van der Waals surface area contributed by atoms with Gasteiger partial charge in [0.25, 0.3) is 0 Å². The van der Waals surface area contributed by atoms with Crippen LogP contribution in [-0.4, -0.2) is 13.7 Å². The molecule has 2 aromatic rings. The quantitative estimate of drug-likeness (QED) is 0.802. The summed E-state index contributed by atoms with van der Waals surface area (Å²) in [5.41, 5.74) is 1.70. The Labute approximate surface area is 137 Å². The predicted molar refractivity (Wildman–Crippen MR) is 87.6 cm³/mol. The van der Waals surface area contributed by atoms with Gasteiger partial charge < -0.3 is 10.1 Å². The topological polar surface area (TPSA) is 21.3 Å². The Bertz CT molecular complexity index is 636. The van der Waals surface area contributed by atoms with E-state index in [0.717, 1.165) is 27.9 Å². The lowest BCUT2D eigenvalue weighted by Gasteiger charge is -2.21. The third-order valence-corrected chi connectivity index (χ3v) is 4.23. The van der Waals surface area contributed by atoms with Crippen LogP contribution in [-0.2, 0) is 0 Å². The van der Waals surface area contributed by atoms with Crippen LogP contribution in [0.3, 0.4) is 0 Å². The summed E-state index contributed by atoms with van der Waals surface area (Å²) in [6.07, 6.45) is 0. The van der Waals surface area contributed by atoms with Crippen molar-refractivity contribution >= 4 is 27.5 Å². The standard InChI is InChI=1S/C16H16BrClFNO/c1-3-20-16(11-5-4-6-13(19)15(11)18)10-7-8-14(21-2)12(17)9-10/h4-9,16,20H,3H2,1-2H3. The third kappa shape index (κ3) is 3.57. The van der Waals surface area contributed by atoms with Crippen molar-refractivity contribution in [2.75, 3.05) is 13.7 Å². The largest absolute Gasteiger partial charge is 0.496 e. The number of ether oxygens (including phenoxy) is 1. The first-order valence-electron chi connectivity index (χ1n) is 6.59. The van der Waals surface area contributed by atoms with Gasteiger partial charge in [0.1, 0.15) is 11.6 Å². The number of halogens is 3. The zero-order chi connectivity index (χ0) is 15.4. The Morgan fingerprint density at radius 3 is 2.71 bits per heavy atom. The highest BCUT2D eigenvalue weighted by atomic mass is 79.9. The summed E-state index contributed by atoms with van der Waals surface area (Å²) in [6, 6.07) is 10.4. The van der Waals surface area contributed by atoms with E-state index in [1.807, 2.05) is 31.2 Å². The summed E-state index contributed by atoms with van der Waals surface area (Å²) >= 11 is 9.59. The highest BCUT2D eigenvalue weighted by Crippen LogP contribution is 2.34. The minimum Gasteiger partial charge on any atom is -0.496 e. The van der Waals surface area contributed by atoms with Gasteiger partial charge in [-0.15, -0.1) is 0 Å². The molecule has 2 aromatic carbocycles. The predicted octanol–water partition coefficient (Wildman–Crippen LogP) is 4.95. The lowest BCUT2D eigenvalue weighted by Crippen LogP contribution is -2.22. The summed E-state index contributed by atoms with van der Waals surface area (Å²) in [6.45, 7) is 2.74. The lowest BCUT2D eigenvalue weighted by atomic mass is 9.98. The van der Waals surface area contributed by atoms with Crippen LogP contribution in [0.15, 0.2) is 40.9 Å². The van der Waals surface area contributed by atoms with Gasteiger partial charge in [-0.2, -0.15) is 0 Å². The second-order valence-electron chi connectivity index (χ2n) is 4.53. The molecule has 1 N–H and O–H groups in total. The zero-order valence-electron chi connectivity index (χ0n) is 11.8. The molecule has 112 valence electrons. The van der Waals surface area contributed by atoms with Crippen molar-refractivity contribution < 1.29 is 9.13 Å². The molecule has 0 heterocycles. The first-order valence-corrected chi connectivity index (χ1v) is 7.76. The Morgan fingerprint density at radius 2 is 2.10 bits per heavy atom. The molecule has 2 nitrogen and oxygen atoms in total. The molecular weight excluding hydrogens is 357 g/mol. The van der Waals surface area contributed by atoms with Gasteiger partial charge in [0.2, 0.25) is 0 Å². The van der Waals surface area contributed by atoms with Gasteiger partial charge >= 0.3 is 0 Å². The van der Waals surface area contributed by atoms with Crippen LogP contribution in [0.1, 0.15) is 24.1 Å². The van der Waals surface area contributed by atoms with E-state index in [-0.39, 0.29) is 11.1 Å². The Hall–Kier alpha value is -1.10. The summed E-state index contributed by atoms with van der Waals surface area (Å²) < 4.78 is 19.8. The van der Waals surface area contributed by atoms with Gasteiger partial charge in [0, 0.05) is 0 Å². The average molecular weight is 373 g/mol. The Balaban J connectivity index is 2.48. The maximum Gasteiger partial charge on any atom is 0.142 e. The van der Waals surface area contributed by atoms with Crippen molar-refractivity contribution in [3.05, 3.63) is 62.8 Å². The van der Waals surface area contributed by atoms with E-state index in [1.165, 1.54) is 6.07 Å². The maximum absolute atomic E-state index is 13.7. The fraction of sp³-hybridized carbons (Fsp3) is 0.250. The number of hydrogen-bond acceptors (Lipinski definition) is 2. The van der Waals surface area contributed by atoms with Gasteiger partial charge in [-0.3, -0.25) is 0 Å². The molecule has 21 heavy (non-hydrogen) atoms. The number of benzene rings is 2. The van der Waals surface area contributed by atoms with Crippen molar-refractivity contribution in [2.45, 2.75) is 13.0 Å². The molecule has 0 aliphatic rings. The molecule has 0 saturated heterocycles. The first kappa shape index (κ1) is 16.3. The van der Waals surface area contributed by atoms with Crippen molar-refractivity contribution in [1.29, 1.82) is 0 Å². The molecule has 0 saturated carbocycles. The summed E-state index contributed by atoms with van der Waals surface area (Å²) in [7, 11) is 1.62. The van der Waals surface area contributed by atoms with Crippen molar-refractivity contribution in [1.82, 2.24) is 5.32 Å². The fourth-order valence-corrected chi connectivity index (χ4v) is 3.01. The Morgan fingerprint density at radius 1 is 1.33 bits per heavy atom. The molecule has 1 atom stereocenters. The molecule has 0 aliphatic carbocycles. The molecule has 0 fully saturated rings. The molecule has 0 aromatic heterocycles. The van der Waals surface area contributed by atoms with Crippen molar-refractivity contribution in [2.24, 2.45) is 0 Å². The molecule has 0 bridgehead atoms. The van der Waals surface area contributed by atoms with Crippen molar-refractivity contribution in [3.63, 3.8) is 0 Å². The summed E-state index contributed by atoms with van der Waals surface area (Å²) in [5, 5.41) is 3.48. The average Bonchev–Trinajstić information content (AvgIpc) is 2.48. The normalized spacial score (nSPS) is 12.2. The van der Waals surface area contributed by atoms with E-state index < -0.39 is 5.82 Å². The molecule has 5 heteroatoms. The van der Waals surface area contributed by atoms with Gasteiger partial charge in [-0.05, 0) is 51.8 Å².